The van der Waals surface area contributed by atoms with Crippen LogP contribution >= 0.6 is 27.3 Å². The Balaban J connectivity index is 1.48. The number of hydrogen-bond donors (Lipinski definition) is 0. The molecule has 3 aromatic heterocycles. The number of fused-ring (bicyclic) bond motifs is 1. The molecule has 0 N–H and O–H groups in total. The molecule has 6 aromatic rings. The number of aryl methyl sites for hydroxylation is 1. The van der Waals surface area contributed by atoms with Gasteiger partial charge in [0.2, 0.25) is 4.96 Å². The van der Waals surface area contributed by atoms with Crippen molar-refractivity contribution in [2.24, 2.45) is 0 Å². The van der Waals surface area contributed by atoms with E-state index in [2.05, 4.69) is 26.0 Å². The van der Waals surface area contributed by atoms with E-state index in [1.54, 1.807) is 0 Å². The highest BCUT2D eigenvalue weighted by Crippen LogP contribution is 2.30. The van der Waals surface area contributed by atoms with Crippen LogP contribution in [0.15, 0.2) is 88.3 Å². The standard InChI is InChI=1S/C29H22BrN5O2S/c1-3-37-23-13-14-24(18(2)15-23)26-20(17-34(32-26)22-7-5-4-6-8-22)16-25-28(36)35-29(38-25)31-27(33-35)19-9-11-21(30)12-10-19/h4-17H,3H2,1-2H3. The maximum Gasteiger partial charge on any atom is 0.291 e. The van der Waals surface area contributed by atoms with Gasteiger partial charge >= 0.3 is 0 Å². The highest BCUT2D eigenvalue weighted by Gasteiger charge is 2.16. The Morgan fingerprint density at radius 1 is 1.03 bits per heavy atom. The van der Waals surface area contributed by atoms with Crippen LogP contribution in [0, 0.1) is 6.92 Å². The zero-order valence-corrected chi connectivity index (χ0v) is 23.0. The number of nitrogens with zero attached hydrogens (tertiary/aromatic N) is 5. The number of hydrogen-bond acceptors (Lipinski definition) is 6. The van der Waals surface area contributed by atoms with E-state index in [1.165, 1.54) is 15.9 Å². The van der Waals surface area contributed by atoms with Crippen molar-refractivity contribution >= 4 is 38.3 Å². The van der Waals surface area contributed by atoms with Crippen LogP contribution in [-0.2, 0) is 0 Å². The molecule has 0 aliphatic heterocycles. The van der Waals surface area contributed by atoms with E-state index in [4.69, 9.17) is 9.84 Å². The van der Waals surface area contributed by atoms with Crippen LogP contribution in [0.1, 0.15) is 18.1 Å². The lowest BCUT2D eigenvalue weighted by atomic mass is 10.0. The summed E-state index contributed by atoms with van der Waals surface area (Å²) in [7, 11) is 0. The first-order valence-corrected chi connectivity index (χ1v) is 13.7. The molecule has 3 aromatic carbocycles. The van der Waals surface area contributed by atoms with Crippen LogP contribution in [0.5, 0.6) is 5.75 Å². The maximum absolute atomic E-state index is 13.3. The Morgan fingerprint density at radius 3 is 2.53 bits per heavy atom. The summed E-state index contributed by atoms with van der Waals surface area (Å²) in [5.41, 5.74) is 5.20. The van der Waals surface area contributed by atoms with Crippen LogP contribution < -0.4 is 14.8 Å². The first-order chi connectivity index (χ1) is 18.5. The van der Waals surface area contributed by atoms with Crippen LogP contribution in [0.3, 0.4) is 0 Å². The molecule has 0 atom stereocenters. The fraction of sp³-hybridized carbons (Fsp3) is 0.103. The van der Waals surface area contributed by atoms with Crippen LogP contribution in [0.2, 0.25) is 0 Å². The van der Waals surface area contributed by atoms with E-state index < -0.39 is 0 Å². The highest BCUT2D eigenvalue weighted by molar-refractivity contribution is 9.10. The van der Waals surface area contributed by atoms with E-state index in [0.717, 1.165) is 43.9 Å². The van der Waals surface area contributed by atoms with Crippen molar-refractivity contribution in [3.8, 4) is 34.1 Å². The third-order valence-electron chi connectivity index (χ3n) is 6.10. The fourth-order valence-electron chi connectivity index (χ4n) is 4.27. The molecule has 0 unspecified atom stereocenters. The van der Waals surface area contributed by atoms with Gasteiger partial charge in [0.25, 0.3) is 5.56 Å². The molecule has 0 aliphatic rings. The lowest BCUT2D eigenvalue weighted by molar-refractivity contribution is 0.340. The number of ether oxygens (including phenoxy) is 1. The number of halogens is 1. The molecule has 0 spiro atoms. The molecular weight excluding hydrogens is 562 g/mol. The SMILES string of the molecule is CCOc1ccc(-c2nn(-c3ccccc3)cc2C=c2sc3nc(-c4ccc(Br)cc4)nn3c2=O)c(C)c1. The van der Waals surface area contributed by atoms with Gasteiger partial charge in [-0.1, -0.05) is 57.6 Å². The summed E-state index contributed by atoms with van der Waals surface area (Å²) in [5.74, 6) is 1.34. The van der Waals surface area contributed by atoms with Gasteiger partial charge in [0.05, 0.1) is 16.8 Å². The zero-order valence-electron chi connectivity index (χ0n) is 20.6. The topological polar surface area (TPSA) is 74.3 Å². The molecular formula is C29H22BrN5O2S. The Morgan fingerprint density at radius 2 is 1.82 bits per heavy atom. The Bertz CT molecular complexity index is 1870. The Labute approximate surface area is 230 Å². The molecule has 38 heavy (non-hydrogen) atoms. The first-order valence-electron chi connectivity index (χ1n) is 12.1. The summed E-state index contributed by atoms with van der Waals surface area (Å²) in [4.78, 5) is 18.5. The van der Waals surface area contributed by atoms with Gasteiger partial charge in [0.15, 0.2) is 5.82 Å². The van der Waals surface area contributed by atoms with E-state index in [9.17, 15) is 4.79 Å². The van der Waals surface area contributed by atoms with Gasteiger partial charge in [-0.25, -0.2) is 4.68 Å². The number of thiazole rings is 1. The average molecular weight is 584 g/mol. The molecule has 7 nitrogen and oxygen atoms in total. The monoisotopic (exact) mass is 583 g/mol. The molecule has 0 aliphatic carbocycles. The van der Waals surface area contributed by atoms with E-state index in [1.807, 2.05) is 104 Å². The zero-order chi connectivity index (χ0) is 26.2. The molecule has 6 rings (SSSR count). The molecule has 0 fully saturated rings. The molecule has 0 radical (unpaired) electrons. The van der Waals surface area contributed by atoms with Crippen molar-refractivity contribution in [2.45, 2.75) is 13.8 Å². The van der Waals surface area contributed by atoms with Gasteiger partial charge in [-0.05, 0) is 68.0 Å². The minimum Gasteiger partial charge on any atom is -0.494 e. The molecule has 9 heteroatoms. The molecule has 0 bridgehead atoms. The number of rotatable bonds is 6. The Hall–Kier alpha value is -4.08. The summed E-state index contributed by atoms with van der Waals surface area (Å²) < 4.78 is 10.4. The van der Waals surface area contributed by atoms with Crippen molar-refractivity contribution in [3.05, 3.63) is 109 Å². The van der Waals surface area contributed by atoms with E-state index in [0.29, 0.717) is 21.9 Å². The summed E-state index contributed by atoms with van der Waals surface area (Å²) in [6.45, 7) is 4.60. The number of benzene rings is 3. The van der Waals surface area contributed by atoms with Crippen LogP contribution in [-0.4, -0.2) is 31.0 Å². The van der Waals surface area contributed by atoms with Gasteiger partial charge in [-0.3, -0.25) is 4.79 Å². The molecule has 0 amide bonds. The quantitative estimate of drug-likeness (QED) is 0.252. The van der Waals surface area contributed by atoms with Gasteiger partial charge < -0.3 is 4.74 Å². The minimum atomic E-state index is -0.206. The van der Waals surface area contributed by atoms with Crippen molar-refractivity contribution in [2.75, 3.05) is 6.61 Å². The van der Waals surface area contributed by atoms with Gasteiger partial charge in [0.1, 0.15) is 11.4 Å². The van der Waals surface area contributed by atoms with E-state index in [-0.39, 0.29) is 5.56 Å². The van der Waals surface area contributed by atoms with Gasteiger partial charge in [-0.15, -0.1) is 5.10 Å². The van der Waals surface area contributed by atoms with Crippen LogP contribution in [0.25, 0.3) is 39.4 Å². The summed E-state index contributed by atoms with van der Waals surface area (Å²) in [6.07, 6.45) is 3.82. The average Bonchev–Trinajstić information content (AvgIpc) is 3.61. The minimum absolute atomic E-state index is 0.206. The van der Waals surface area contributed by atoms with Crippen molar-refractivity contribution in [3.63, 3.8) is 0 Å². The predicted molar refractivity (Wildman–Crippen MR) is 154 cm³/mol. The van der Waals surface area contributed by atoms with E-state index >= 15 is 0 Å². The maximum atomic E-state index is 13.3. The second kappa shape index (κ2) is 10.00. The third kappa shape index (κ3) is 4.55. The van der Waals surface area contributed by atoms with Crippen molar-refractivity contribution in [1.82, 2.24) is 24.4 Å². The first kappa shape index (κ1) is 24.3. The van der Waals surface area contributed by atoms with Gasteiger partial charge in [-0.2, -0.15) is 14.6 Å². The fourth-order valence-corrected chi connectivity index (χ4v) is 5.43. The van der Waals surface area contributed by atoms with Gasteiger partial charge in [0, 0.05) is 27.4 Å². The smallest absolute Gasteiger partial charge is 0.291 e. The third-order valence-corrected chi connectivity index (χ3v) is 7.59. The highest BCUT2D eigenvalue weighted by atomic mass is 79.9. The molecule has 188 valence electrons. The molecule has 0 saturated carbocycles. The number of para-hydroxylation sites is 1. The second-order valence-electron chi connectivity index (χ2n) is 8.68. The molecule has 3 heterocycles. The normalized spacial score (nSPS) is 11.9. The number of aromatic nitrogens is 5. The predicted octanol–water partition coefficient (Wildman–Crippen LogP) is 5.69. The Kier molecular flexibility index (Phi) is 6.39. The summed E-state index contributed by atoms with van der Waals surface area (Å²) in [6, 6.07) is 23.6. The van der Waals surface area contributed by atoms with Crippen molar-refractivity contribution in [1.29, 1.82) is 0 Å². The summed E-state index contributed by atoms with van der Waals surface area (Å²) >= 11 is 4.76. The summed E-state index contributed by atoms with van der Waals surface area (Å²) in [5, 5.41) is 9.40. The lowest BCUT2D eigenvalue weighted by Crippen LogP contribution is -2.23. The van der Waals surface area contributed by atoms with Crippen molar-refractivity contribution < 1.29 is 4.74 Å². The molecule has 0 saturated heterocycles. The second-order valence-corrected chi connectivity index (χ2v) is 10.6. The lowest BCUT2D eigenvalue weighted by Gasteiger charge is -2.08. The largest absolute Gasteiger partial charge is 0.494 e. The van der Waals surface area contributed by atoms with Crippen LogP contribution in [0.4, 0.5) is 0 Å².